The smallest absolute Gasteiger partial charge is 0.326 e. The molecule has 0 aliphatic carbocycles. The van der Waals surface area contributed by atoms with E-state index in [1.54, 1.807) is 43.8 Å². The second kappa shape index (κ2) is 9.35. The van der Waals surface area contributed by atoms with Crippen LogP contribution in [0, 0.1) is 20.8 Å². The normalized spacial score (nSPS) is 10.5. The minimum absolute atomic E-state index is 0.357. The van der Waals surface area contributed by atoms with Crippen molar-refractivity contribution in [2.24, 2.45) is 0 Å². The maximum atomic E-state index is 12.3. The fraction of sp³-hybridized carbons (Fsp3) is 0.174. The highest BCUT2D eigenvalue weighted by Gasteiger charge is 2.14. The van der Waals surface area contributed by atoms with Gasteiger partial charge in [-0.05, 0) is 62.2 Å². The molecular formula is C23H23N7O3. The molecule has 0 spiro atoms. The van der Waals surface area contributed by atoms with E-state index in [1.807, 2.05) is 26.8 Å². The van der Waals surface area contributed by atoms with Crippen LogP contribution in [0.1, 0.15) is 16.7 Å². The monoisotopic (exact) mass is 445 g/mol. The molecule has 168 valence electrons. The first-order valence-corrected chi connectivity index (χ1v) is 10.2. The fourth-order valence-electron chi connectivity index (χ4n) is 3.03. The lowest BCUT2D eigenvalue weighted by molar-refractivity contribution is 0.261. The molecular weight excluding hydrogens is 422 g/mol. The van der Waals surface area contributed by atoms with Crippen molar-refractivity contribution in [3.05, 3.63) is 65.8 Å². The Balaban J connectivity index is 1.50. The molecule has 3 heterocycles. The lowest BCUT2D eigenvalue weighted by atomic mass is 10.2. The highest BCUT2D eigenvalue weighted by molar-refractivity contribution is 5.99. The number of amides is 2. The van der Waals surface area contributed by atoms with Gasteiger partial charge >= 0.3 is 6.03 Å². The van der Waals surface area contributed by atoms with Gasteiger partial charge in [0.1, 0.15) is 12.1 Å². The van der Waals surface area contributed by atoms with Crippen LogP contribution >= 0.6 is 0 Å². The van der Waals surface area contributed by atoms with E-state index < -0.39 is 6.03 Å². The van der Waals surface area contributed by atoms with Crippen LogP contribution in [-0.4, -0.2) is 33.0 Å². The summed E-state index contributed by atoms with van der Waals surface area (Å²) in [6.07, 6.45) is 4.66. The maximum Gasteiger partial charge on any atom is 0.326 e. The molecule has 4 rings (SSSR count). The minimum Gasteiger partial charge on any atom is -0.448 e. The number of aryl methyl sites for hydroxylation is 2. The number of hydrogen-bond donors (Lipinski definition) is 3. The third kappa shape index (κ3) is 4.90. The first kappa shape index (κ1) is 21.8. The summed E-state index contributed by atoms with van der Waals surface area (Å²) in [4.78, 5) is 29.3. The van der Waals surface area contributed by atoms with Crippen molar-refractivity contribution in [1.29, 1.82) is 0 Å². The molecule has 0 bridgehead atoms. The van der Waals surface area contributed by atoms with Gasteiger partial charge in [-0.3, -0.25) is 5.32 Å². The summed E-state index contributed by atoms with van der Waals surface area (Å²) in [6.45, 7) is 5.67. The largest absolute Gasteiger partial charge is 0.448 e. The van der Waals surface area contributed by atoms with Crippen LogP contribution in [0.3, 0.4) is 0 Å². The molecule has 0 unspecified atom stereocenters. The Morgan fingerprint density at radius 2 is 1.88 bits per heavy atom. The summed E-state index contributed by atoms with van der Waals surface area (Å²) in [5.74, 6) is 2.24. The number of anilines is 3. The van der Waals surface area contributed by atoms with Crippen LogP contribution in [0.15, 0.2) is 53.5 Å². The molecule has 0 fully saturated rings. The third-order valence-corrected chi connectivity index (χ3v) is 4.96. The van der Waals surface area contributed by atoms with Crippen LogP contribution in [0.2, 0.25) is 0 Å². The number of furan rings is 1. The van der Waals surface area contributed by atoms with Crippen LogP contribution in [0.4, 0.5) is 22.3 Å². The molecule has 0 aliphatic rings. The quantitative estimate of drug-likeness (QED) is 0.381. The second-order valence-corrected chi connectivity index (χ2v) is 7.27. The molecule has 10 nitrogen and oxygen atoms in total. The summed E-state index contributed by atoms with van der Waals surface area (Å²) in [5, 5.41) is 8.39. The molecule has 33 heavy (non-hydrogen) atoms. The van der Waals surface area contributed by atoms with Crippen molar-refractivity contribution in [1.82, 2.24) is 19.9 Å². The number of urea groups is 1. The average Bonchev–Trinajstić information content (AvgIpc) is 3.13. The number of pyridine rings is 1. The minimum atomic E-state index is -0.400. The van der Waals surface area contributed by atoms with Gasteiger partial charge in [0.15, 0.2) is 5.82 Å². The molecule has 0 saturated heterocycles. The van der Waals surface area contributed by atoms with E-state index in [-0.39, 0.29) is 0 Å². The van der Waals surface area contributed by atoms with Gasteiger partial charge in [0.2, 0.25) is 17.7 Å². The summed E-state index contributed by atoms with van der Waals surface area (Å²) in [5.41, 5.74) is 3.89. The van der Waals surface area contributed by atoms with E-state index in [9.17, 15) is 4.79 Å². The molecule has 2 amide bonds. The number of nitrogens with one attached hydrogen (secondary N) is 3. The van der Waals surface area contributed by atoms with E-state index in [1.165, 1.54) is 6.33 Å². The van der Waals surface area contributed by atoms with E-state index in [0.29, 0.717) is 40.5 Å². The van der Waals surface area contributed by atoms with Gasteiger partial charge in [0, 0.05) is 24.5 Å². The Bertz CT molecular complexity index is 1300. The third-order valence-electron chi connectivity index (χ3n) is 4.96. The number of nitrogens with zero attached hydrogens (tertiary/aromatic N) is 4. The Morgan fingerprint density at radius 1 is 1.03 bits per heavy atom. The van der Waals surface area contributed by atoms with Crippen LogP contribution in [0.25, 0.3) is 11.4 Å². The molecule has 1 aromatic carbocycles. The van der Waals surface area contributed by atoms with Crippen molar-refractivity contribution in [2.75, 3.05) is 23.0 Å². The van der Waals surface area contributed by atoms with E-state index >= 15 is 0 Å². The molecule has 10 heteroatoms. The number of ether oxygens (including phenoxy) is 1. The molecule has 4 aromatic rings. The molecule has 0 saturated carbocycles. The van der Waals surface area contributed by atoms with E-state index in [0.717, 1.165) is 16.7 Å². The van der Waals surface area contributed by atoms with Gasteiger partial charge in [0.05, 0.1) is 11.8 Å². The van der Waals surface area contributed by atoms with Gasteiger partial charge in [-0.15, -0.1) is 0 Å². The predicted octanol–water partition coefficient (Wildman–Crippen LogP) is 4.93. The topological polar surface area (TPSA) is 127 Å². The van der Waals surface area contributed by atoms with Gasteiger partial charge in [-0.25, -0.2) is 19.7 Å². The van der Waals surface area contributed by atoms with Gasteiger partial charge < -0.3 is 19.8 Å². The lowest BCUT2D eigenvalue weighted by Crippen LogP contribution is -2.19. The zero-order valence-corrected chi connectivity index (χ0v) is 18.6. The standard InChI is InChI=1S/C23H23N7O3/c1-13-10-16(28-23(31)30-20-15(3)14(2)11-32-20)7-8-18(13)33-21-17(6-5-9-25-21)19-26-12-27-22(24-4)29-19/h5-12H,1-4H3,(H2,28,30,31)(H,24,26,27,29). The molecule has 0 atom stereocenters. The van der Waals surface area contributed by atoms with E-state index in [2.05, 4.69) is 35.9 Å². The highest BCUT2D eigenvalue weighted by Crippen LogP contribution is 2.32. The van der Waals surface area contributed by atoms with Crippen molar-refractivity contribution < 1.29 is 13.9 Å². The zero-order valence-electron chi connectivity index (χ0n) is 18.6. The first-order valence-electron chi connectivity index (χ1n) is 10.2. The summed E-state index contributed by atoms with van der Waals surface area (Å²) < 4.78 is 11.4. The SMILES string of the molecule is CNc1ncnc(-c2cccnc2Oc2ccc(NC(=O)Nc3occ(C)c3C)cc2C)n1. The molecule has 0 aliphatic heterocycles. The van der Waals surface area contributed by atoms with Crippen LogP contribution in [0.5, 0.6) is 11.6 Å². The maximum absolute atomic E-state index is 12.3. The number of aromatic nitrogens is 4. The number of hydrogen-bond acceptors (Lipinski definition) is 8. The van der Waals surface area contributed by atoms with Gasteiger partial charge in [0.25, 0.3) is 0 Å². The number of carbonyl (C=O) groups is 1. The van der Waals surface area contributed by atoms with Crippen molar-refractivity contribution >= 4 is 23.6 Å². The van der Waals surface area contributed by atoms with Gasteiger partial charge in [-0.1, -0.05) is 0 Å². The molecule has 3 aromatic heterocycles. The highest BCUT2D eigenvalue weighted by atomic mass is 16.5. The zero-order chi connectivity index (χ0) is 23.4. The van der Waals surface area contributed by atoms with Crippen LogP contribution < -0.4 is 20.7 Å². The molecule has 0 radical (unpaired) electrons. The van der Waals surface area contributed by atoms with Crippen LogP contribution in [-0.2, 0) is 0 Å². The Morgan fingerprint density at radius 3 is 2.61 bits per heavy atom. The number of benzene rings is 1. The van der Waals surface area contributed by atoms with Crippen molar-refractivity contribution in [3.8, 4) is 23.0 Å². The van der Waals surface area contributed by atoms with Crippen molar-refractivity contribution in [2.45, 2.75) is 20.8 Å². The predicted molar refractivity (Wildman–Crippen MR) is 125 cm³/mol. The van der Waals surface area contributed by atoms with Gasteiger partial charge in [-0.2, -0.15) is 4.98 Å². The Kier molecular flexibility index (Phi) is 6.16. The summed E-state index contributed by atoms with van der Waals surface area (Å²) in [6, 6.07) is 8.52. The average molecular weight is 445 g/mol. The summed E-state index contributed by atoms with van der Waals surface area (Å²) in [7, 11) is 1.73. The van der Waals surface area contributed by atoms with Crippen molar-refractivity contribution in [3.63, 3.8) is 0 Å². The Labute approximate surface area is 190 Å². The molecule has 3 N–H and O–H groups in total. The second-order valence-electron chi connectivity index (χ2n) is 7.27. The number of rotatable bonds is 6. The lowest BCUT2D eigenvalue weighted by Gasteiger charge is -2.13. The first-order chi connectivity index (χ1) is 15.9. The number of carbonyl (C=O) groups excluding carboxylic acids is 1. The fourth-order valence-corrected chi connectivity index (χ4v) is 3.03. The summed E-state index contributed by atoms with van der Waals surface area (Å²) >= 11 is 0. The van der Waals surface area contributed by atoms with E-state index in [4.69, 9.17) is 9.15 Å². The Hall–Kier alpha value is -4.47.